The van der Waals surface area contributed by atoms with E-state index in [1.165, 1.54) is 17.7 Å². The third-order valence-electron chi connectivity index (χ3n) is 24.1. The first-order valence-electron chi connectivity index (χ1n) is 41.1. The van der Waals surface area contributed by atoms with Crippen molar-refractivity contribution in [3.05, 3.63) is 157 Å². The highest BCUT2D eigenvalue weighted by atomic mass is 19.4. The molecule has 6 aromatic carbocycles. The Bertz CT molecular complexity index is 5900. The summed E-state index contributed by atoms with van der Waals surface area (Å²) >= 11 is 0. The maximum Gasteiger partial charge on any atom is 0.418 e. The molecule has 1 saturated heterocycles. The Morgan fingerprint density at radius 2 is 0.822 bits per heavy atom. The number of carbonyl (C=O) groups is 4. The fourth-order valence-corrected chi connectivity index (χ4v) is 17.3. The van der Waals surface area contributed by atoms with E-state index in [1.807, 2.05) is 138 Å². The van der Waals surface area contributed by atoms with Crippen molar-refractivity contribution in [2.24, 2.45) is 58.9 Å². The zero-order chi connectivity index (χ0) is 83.1. The van der Waals surface area contributed by atoms with E-state index in [0.29, 0.717) is 104 Å². The van der Waals surface area contributed by atoms with Gasteiger partial charge in [-0.3, -0.25) is 47.6 Å². The number of nitrogens with zero attached hydrogens (tertiary/aromatic N) is 14. The molecule has 616 valence electrons. The van der Waals surface area contributed by atoms with Crippen LogP contribution in [0.15, 0.2) is 140 Å². The number of hydrogen-bond donors (Lipinski definition) is 0. The van der Waals surface area contributed by atoms with Crippen LogP contribution in [0.4, 0.5) is 23.2 Å². The lowest BCUT2D eigenvalue weighted by Gasteiger charge is -2.31. The summed E-state index contributed by atoms with van der Waals surface area (Å²) in [7, 11) is 9.47. The third-order valence-corrected chi connectivity index (χ3v) is 24.1. The Balaban J connectivity index is 0.000000124. The van der Waals surface area contributed by atoms with Gasteiger partial charge in [-0.25, -0.2) is 9.07 Å². The SMILES string of the molecule is CC(F)n1cc(-c2cc(O[C@H](C)[C@H]3CCC(=O)C3)c3cn(C)nc3c2)cn1.C[C@@H](Oc1cc(-c2ccc(N3CCCCC3)c(C(F)(F)F)c2)cc2nn(C)cc12)[C@H]1CCC(=O)C1.Cc1ccc(-c2cc(O[C@H](C)[C@H]3CCC(=O)C3)c3cn(C)nc3c2)nc1.Cc1nn(C)c2ccc(-c3cc(O[C@H](C)[C@H]4CCC(=O)C4)c4cn(C)nc4c3)cc12. The van der Waals surface area contributed by atoms with Crippen LogP contribution in [0.3, 0.4) is 0 Å². The number of ketones is 4. The number of alkyl halides is 4. The summed E-state index contributed by atoms with van der Waals surface area (Å²) in [6, 6.07) is 30.9. The maximum atomic E-state index is 14.1. The number of aromatic nitrogens is 13. The van der Waals surface area contributed by atoms with Gasteiger partial charge in [0.25, 0.3) is 0 Å². The topological polar surface area (TPSA) is 228 Å². The molecule has 0 amide bonds. The largest absolute Gasteiger partial charge is 0.490 e. The highest BCUT2D eigenvalue weighted by Crippen LogP contribution is 2.45. The van der Waals surface area contributed by atoms with Crippen LogP contribution in [-0.4, -0.2) is 124 Å². The molecule has 0 N–H and O–H groups in total. The summed E-state index contributed by atoms with van der Waals surface area (Å²) in [6.45, 7) is 14.9. The molecule has 4 saturated carbocycles. The summed E-state index contributed by atoms with van der Waals surface area (Å²) in [4.78, 5) is 53.1. The first-order valence-corrected chi connectivity index (χ1v) is 41.1. The Hall–Kier alpha value is -11.6. The number of fused-ring (bicyclic) bond motifs is 5. The van der Waals surface area contributed by atoms with Crippen molar-refractivity contribution >= 4 is 83.3 Å². The summed E-state index contributed by atoms with van der Waals surface area (Å²) in [5.41, 5.74) is 13.0. The molecule has 0 radical (unpaired) electrons. The predicted octanol–water partition coefficient (Wildman–Crippen LogP) is 19.1. The number of benzene rings is 6. The van der Waals surface area contributed by atoms with Crippen molar-refractivity contribution < 1.29 is 55.7 Å². The van der Waals surface area contributed by atoms with Gasteiger partial charge in [0.15, 0.2) is 6.30 Å². The van der Waals surface area contributed by atoms with Crippen molar-refractivity contribution in [3.63, 3.8) is 0 Å². The standard InChI is InChI=1S/C27H30F3N3O2.C24H26N4O2.C21H23N3O2.C20H23FN4O2/c1-17(18-6-8-21(34)12-18)35-26-15-20(14-24-22(26)16-32(2)31-24)19-7-9-25(23(13-19)27(28,29)30)33-10-4-3-5-11-33;1-14-20-10-17(6-8-23(20)28(4)25-14)18-11-22-21(13-27(3)26-22)24(12-18)30-15(2)16-5-7-19(29)9-16;1-13-4-7-19(22-11-13)16-9-20-18(12-24(3)23-20)21(10-16)26-14(2)15-5-6-17(25)8-15;1-12(14-4-5-17(26)6-14)27-20-8-15(7-19-18(20)11-24(3)23-19)16-9-22-25(10-16)13(2)21/h7,9,13-18H,3-6,8,10-12H2,1-2H3;6,8,10-13,15-16H,5,7,9H2,1-4H3;4,7,9-12,14-15H,5-6,8H2,1-3H3;7-14H,4-6H2,1-3H3/t17-,18+;15-,16+;14-,15+;12-,13?,14+/m1111/s1. The zero-order valence-electron chi connectivity index (χ0n) is 69.0. The van der Waals surface area contributed by atoms with Gasteiger partial charge in [-0.15, -0.1) is 0 Å². The number of Topliss-reactive ketones (excluding diaryl/α,β-unsaturated/α-hetero) is 4. The first-order chi connectivity index (χ1) is 56.5. The van der Waals surface area contributed by atoms with Crippen LogP contribution < -0.4 is 23.8 Å². The number of halogens is 4. The number of hydrogen-bond acceptors (Lipinski definition) is 16. The van der Waals surface area contributed by atoms with E-state index >= 15 is 0 Å². The molecule has 4 aliphatic carbocycles. The monoisotopic (exact) mass is 1610 g/mol. The predicted molar refractivity (Wildman–Crippen MR) is 449 cm³/mol. The number of anilines is 1. The van der Waals surface area contributed by atoms with E-state index in [2.05, 4.69) is 85.8 Å². The lowest BCUT2D eigenvalue weighted by atomic mass is 9.98. The van der Waals surface area contributed by atoms with Crippen molar-refractivity contribution in [1.82, 2.24) is 63.7 Å². The quantitative estimate of drug-likeness (QED) is 0.0727. The van der Waals surface area contributed by atoms with E-state index in [4.69, 9.17) is 18.9 Å². The fourth-order valence-electron chi connectivity index (χ4n) is 17.3. The molecule has 7 aromatic heterocycles. The number of carbonyl (C=O) groups excluding carboxylic acids is 4. The minimum atomic E-state index is -4.46. The average molecular weight is 1610 g/mol. The third kappa shape index (κ3) is 18.2. The molecule has 1 unspecified atom stereocenters. The molecule has 118 heavy (non-hydrogen) atoms. The van der Waals surface area contributed by atoms with Crippen molar-refractivity contribution in [3.8, 4) is 67.6 Å². The molecule has 1 aliphatic heterocycles. The van der Waals surface area contributed by atoms with Gasteiger partial charge in [0, 0.05) is 183 Å². The highest BCUT2D eigenvalue weighted by molar-refractivity contribution is 5.95. The van der Waals surface area contributed by atoms with Gasteiger partial charge >= 0.3 is 6.18 Å². The van der Waals surface area contributed by atoms with E-state index in [-0.39, 0.29) is 59.6 Å². The Kier molecular flexibility index (Phi) is 23.6. The van der Waals surface area contributed by atoms with Crippen LogP contribution in [-0.2, 0) is 60.6 Å². The van der Waals surface area contributed by atoms with Crippen LogP contribution in [0.25, 0.3) is 99.2 Å². The minimum absolute atomic E-state index is 0.00826. The van der Waals surface area contributed by atoms with E-state index in [9.17, 15) is 36.7 Å². The minimum Gasteiger partial charge on any atom is -0.490 e. The number of ether oxygens (including phenoxy) is 4. The number of piperidine rings is 1. The number of pyridine rings is 1. The molecule has 13 aromatic rings. The smallest absolute Gasteiger partial charge is 0.418 e. The van der Waals surface area contributed by atoms with Gasteiger partial charge in [-0.2, -0.15) is 43.8 Å². The van der Waals surface area contributed by atoms with Crippen molar-refractivity contribution in [1.29, 1.82) is 0 Å². The molecule has 0 spiro atoms. The molecule has 9 atom stereocenters. The van der Waals surface area contributed by atoms with Crippen LogP contribution in [0.1, 0.15) is 154 Å². The van der Waals surface area contributed by atoms with Gasteiger partial charge in [-0.05, 0) is 206 Å². The van der Waals surface area contributed by atoms with Gasteiger partial charge < -0.3 is 23.8 Å². The van der Waals surface area contributed by atoms with Gasteiger partial charge in [0.1, 0.15) is 46.1 Å². The lowest BCUT2D eigenvalue weighted by molar-refractivity contribution is -0.137. The second kappa shape index (κ2) is 34.2. The van der Waals surface area contributed by atoms with Crippen LogP contribution >= 0.6 is 0 Å². The van der Waals surface area contributed by atoms with E-state index in [0.717, 1.165) is 156 Å². The maximum absolute atomic E-state index is 14.1. The molecule has 18 rings (SSSR count). The van der Waals surface area contributed by atoms with Gasteiger partial charge in [-0.1, -0.05) is 18.2 Å². The first kappa shape index (κ1) is 81.6. The molecule has 0 bridgehead atoms. The fraction of sp³-hybridized carbons (Fsp3) is 0.424. The Morgan fingerprint density at radius 3 is 1.20 bits per heavy atom. The van der Waals surface area contributed by atoms with Crippen molar-refractivity contribution in [2.45, 2.75) is 182 Å². The number of rotatable bonds is 18. The molecular weight excluding hydrogens is 1510 g/mol. The molecule has 5 aliphatic rings. The molecule has 22 nitrogen and oxygen atoms in total. The number of aryl methyl sites for hydroxylation is 7. The molecular formula is C92H102F4N14O8. The second-order valence-electron chi connectivity index (χ2n) is 33.0. The average Bonchev–Trinajstić information content (AvgIpc) is 1.30. The second-order valence-corrected chi connectivity index (χ2v) is 33.0. The lowest BCUT2D eigenvalue weighted by Crippen LogP contribution is -2.31. The summed E-state index contributed by atoms with van der Waals surface area (Å²) < 4.78 is 91.4. The van der Waals surface area contributed by atoms with E-state index in [1.54, 1.807) is 51.7 Å². The molecule has 26 heteroatoms. The molecule has 5 fully saturated rings. The highest BCUT2D eigenvalue weighted by Gasteiger charge is 2.37. The summed E-state index contributed by atoms with van der Waals surface area (Å²) in [6.07, 6.45) is 18.2. The summed E-state index contributed by atoms with van der Waals surface area (Å²) in [5, 5.41) is 31.6. The molecule has 8 heterocycles. The van der Waals surface area contributed by atoms with Gasteiger partial charge in [0.2, 0.25) is 0 Å². The van der Waals surface area contributed by atoms with Crippen LogP contribution in [0, 0.1) is 37.5 Å². The van der Waals surface area contributed by atoms with Crippen LogP contribution in [0.5, 0.6) is 23.0 Å². The normalized spacial score (nSPS) is 19.0. The van der Waals surface area contributed by atoms with Crippen LogP contribution in [0.2, 0.25) is 0 Å². The van der Waals surface area contributed by atoms with Crippen molar-refractivity contribution in [2.75, 3.05) is 18.0 Å². The zero-order valence-corrected chi connectivity index (χ0v) is 69.0. The Labute approximate surface area is 682 Å². The van der Waals surface area contributed by atoms with Gasteiger partial charge in [0.05, 0.1) is 96.7 Å². The Morgan fingerprint density at radius 1 is 0.424 bits per heavy atom. The van der Waals surface area contributed by atoms with E-state index < -0.39 is 18.0 Å². The summed E-state index contributed by atoms with van der Waals surface area (Å²) in [5.74, 6) is 5.12.